The molecule has 1 saturated heterocycles. The summed E-state index contributed by atoms with van der Waals surface area (Å²) < 4.78 is 11.4. The lowest BCUT2D eigenvalue weighted by Gasteiger charge is -2.35. The fraction of sp³-hybridized carbons (Fsp3) is 0.467. The predicted octanol–water partition coefficient (Wildman–Crippen LogP) is 0.843. The second-order valence-corrected chi connectivity index (χ2v) is 7.02. The van der Waals surface area contributed by atoms with E-state index in [1.165, 1.54) is 0 Å². The Morgan fingerprint density at radius 2 is 2.00 bits per heavy atom. The monoisotopic (exact) mass is 308 g/mol. The van der Waals surface area contributed by atoms with Crippen molar-refractivity contribution in [1.29, 1.82) is 0 Å². The van der Waals surface area contributed by atoms with Crippen LogP contribution in [0.25, 0.3) is 0 Å². The standard InChI is InChI=1S/C15H20N2O3S/c1-11(21(2)20)8-9-17-13(18)10-16-15(19)14(17)12-6-4-3-5-7-12/h3-7,11,14H,8-10H2,1-2H3,(H,16,19). The van der Waals surface area contributed by atoms with E-state index in [0.717, 1.165) is 5.56 Å². The molecule has 5 nitrogen and oxygen atoms in total. The average Bonchev–Trinajstić information content (AvgIpc) is 2.48. The topological polar surface area (TPSA) is 66.5 Å². The largest absolute Gasteiger partial charge is 0.345 e. The van der Waals surface area contributed by atoms with Crippen molar-refractivity contribution in [3.8, 4) is 0 Å². The molecule has 2 amide bonds. The first-order valence-electron chi connectivity index (χ1n) is 6.95. The van der Waals surface area contributed by atoms with Gasteiger partial charge in [0.2, 0.25) is 11.8 Å². The number of rotatable bonds is 5. The molecule has 114 valence electrons. The van der Waals surface area contributed by atoms with Gasteiger partial charge in [-0.1, -0.05) is 37.3 Å². The molecule has 1 aromatic rings. The van der Waals surface area contributed by atoms with Crippen LogP contribution < -0.4 is 5.32 Å². The average molecular weight is 308 g/mol. The minimum Gasteiger partial charge on any atom is -0.345 e. The summed E-state index contributed by atoms with van der Waals surface area (Å²) in [6.45, 7) is 2.36. The Labute approximate surface area is 127 Å². The fourth-order valence-electron chi connectivity index (χ4n) is 2.35. The number of hydrogen-bond donors (Lipinski definition) is 1. The first-order valence-corrected chi connectivity index (χ1v) is 8.57. The van der Waals surface area contributed by atoms with Crippen LogP contribution in [-0.4, -0.2) is 45.5 Å². The van der Waals surface area contributed by atoms with E-state index >= 15 is 0 Å². The number of benzene rings is 1. The Morgan fingerprint density at radius 1 is 1.33 bits per heavy atom. The molecule has 0 spiro atoms. The number of carbonyl (C=O) groups excluding carboxylic acids is 2. The van der Waals surface area contributed by atoms with Crippen LogP contribution >= 0.6 is 0 Å². The number of hydrogen-bond acceptors (Lipinski definition) is 3. The van der Waals surface area contributed by atoms with Crippen LogP contribution in [0.3, 0.4) is 0 Å². The molecule has 0 aromatic heterocycles. The lowest BCUT2D eigenvalue weighted by atomic mass is 10.0. The SMILES string of the molecule is CC(CCN1C(=O)CNC(=O)C1c1ccccc1)S(C)=O. The van der Waals surface area contributed by atoms with Crippen molar-refractivity contribution in [3.05, 3.63) is 35.9 Å². The van der Waals surface area contributed by atoms with Gasteiger partial charge in [-0.2, -0.15) is 0 Å². The predicted molar refractivity (Wildman–Crippen MR) is 82.1 cm³/mol. The van der Waals surface area contributed by atoms with Crippen LogP contribution in [0, 0.1) is 0 Å². The van der Waals surface area contributed by atoms with Crippen LogP contribution in [0.2, 0.25) is 0 Å². The molecule has 0 bridgehead atoms. The highest BCUT2D eigenvalue weighted by Crippen LogP contribution is 2.24. The summed E-state index contributed by atoms with van der Waals surface area (Å²) in [6.07, 6.45) is 2.27. The minimum absolute atomic E-state index is 0.000730. The van der Waals surface area contributed by atoms with E-state index in [-0.39, 0.29) is 23.6 Å². The second-order valence-electron chi connectivity index (χ2n) is 5.22. The molecule has 1 N–H and O–H groups in total. The highest BCUT2D eigenvalue weighted by atomic mass is 32.2. The molecule has 1 aromatic carbocycles. The first kappa shape index (κ1) is 15.7. The van der Waals surface area contributed by atoms with E-state index in [9.17, 15) is 13.8 Å². The molecule has 2 rings (SSSR count). The van der Waals surface area contributed by atoms with Gasteiger partial charge in [-0.15, -0.1) is 0 Å². The Kier molecular flexibility index (Phi) is 5.12. The smallest absolute Gasteiger partial charge is 0.247 e. The van der Waals surface area contributed by atoms with Crippen molar-refractivity contribution < 1.29 is 13.8 Å². The van der Waals surface area contributed by atoms with Gasteiger partial charge in [0, 0.05) is 28.9 Å². The molecule has 0 saturated carbocycles. The molecule has 21 heavy (non-hydrogen) atoms. The summed E-state index contributed by atoms with van der Waals surface area (Å²) >= 11 is 0. The van der Waals surface area contributed by atoms with Gasteiger partial charge in [0.15, 0.2) is 0 Å². The highest BCUT2D eigenvalue weighted by Gasteiger charge is 2.35. The van der Waals surface area contributed by atoms with Gasteiger partial charge in [0.1, 0.15) is 6.04 Å². The van der Waals surface area contributed by atoms with E-state index in [0.29, 0.717) is 13.0 Å². The zero-order valence-electron chi connectivity index (χ0n) is 12.2. The van der Waals surface area contributed by atoms with Crippen molar-refractivity contribution in [2.45, 2.75) is 24.6 Å². The number of amides is 2. The van der Waals surface area contributed by atoms with Gasteiger partial charge < -0.3 is 10.2 Å². The summed E-state index contributed by atoms with van der Waals surface area (Å²) in [6, 6.07) is 8.67. The third kappa shape index (κ3) is 3.69. The maximum absolute atomic E-state index is 12.2. The van der Waals surface area contributed by atoms with Crippen LogP contribution in [-0.2, 0) is 20.4 Å². The summed E-state index contributed by atoms with van der Waals surface area (Å²) in [4.78, 5) is 25.9. The molecule has 1 heterocycles. The van der Waals surface area contributed by atoms with E-state index < -0.39 is 16.8 Å². The van der Waals surface area contributed by atoms with Crippen molar-refractivity contribution >= 4 is 22.6 Å². The summed E-state index contributed by atoms with van der Waals surface area (Å²) in [5.74, 6) is -0.261. The fourth-order valence-corrected chi connectivity index (χ4v) is 2.79. The van der Waals surface area contributed by atoms with E-state index in [4.69, 9.17) is 0 Å². The van der Waals surface area contributed by atoms with Gasteiger partial charge in [0.25, 0.3) is 0 Å². The van der Waals surface area contributed by atoms with Crippen LogP contribution in [0.4, 0.5) is 0 Å². The third-order valence-electron chi connectivity index (χ3n) is 3.75. The van der Waals surface area contributed by atoms with Gasteiger partial charge >= 0.3 is 0 Å². The number of piperazine rings is 1. The minimum atomic E-state index is -0.929. The number of nitrogens with zero attached hydrogens (tertiary/aromatic N) is 1. The van der Waals surface area contributed by atoms with Crippen molar-refractivity contribution in [2.24, 2.45) is 0 Å². The Morgan fingerprint density at radius 3 is 2.62 bits per heavy atom. The van der Waals surface area contributed by atoms with Crippen LogP contribution in [0.1, 0.15) is 24.9 Å². The molecule has 6 heteroatoms. The number of nitrogens with one attached hydrogen (secondary N) is 1. The Bertz CT molecular complexity index is 547. The van der Waals surface area contributed by atoms with E-state index in [1.54, 1.807) is 11.2 Å². The first-order chi connectivity index (χ1) is 10.0. The normalized spacial score (nSPS) is 21.8. The third-order valence-corrected chi connectivity index (χ3v) is 5.12. The summed E-state index contributed by atoms with van der Waals surface area (Å²) in [5, 5.41) is 2.63. The molecule has 1 aliphatic rings. The van der Waals surface area contributed by atoms with Crippen LogP contribution in [0.15, 0.2) is 30.3 Å². The number of carbonyl (C=O) groups is 2. The molecule has 1 fully saturated rings. The maximum Gasteiger partial charge on any atom is 0.247 e. The van der Waals surface area contributed by atoms with Crippen molar-refractivity contribution in [2.75, 3.05) is 19.3 Å². The molecule has 0 aliphatic carbocycles. The zero-order valence-corrected chi connectivity index (χ0v) is 13.1. The lowest BCUT2D eigenvalue weighted by molar-refractivity contribution is -0.145. The second kappa shape index (κ2) is 6.85. The van der Waals surface area contributed by atoms with E-state index in [1.807, 2.05) is 37.3 Å². The molecule has 3 unspecified atom stereocenters. The lowest BCUT2D eigenvalue weighted by Crippen LogP contribution is -2.54. The van der Waals surface area contributed by atoms with Crippen LogP contribution in [0.5, 0.6) is 0 Å². The zero-order chi connectivity index (χ0) is 15.4. The van der Waals surface area contributed by atoms with Crippen molar-refractivity contribution in [3.63, 3.8) is 0 Å². The van der Waals surface area contributed by atoms with E-state index in [2.05, 4.69) is 5.32 Å². The van der Waals surface area contributed by atoms with Gasteiger partial charge in [-0.25, -0.2) is 0 Å². The summed E-state index contributed by atoms with van der Waals surface area (Å²) in [7, 11) is -0.929. The van der Waals surface area contributed by atoms with Gasteiger partial charge in [0.05, 0.1) is 6.54 Å². The van der Waals surface area contributed by atoms with Crippen molar-refractivity contribution in [1.82, 2.24) is 10.2 Å². The van der Waals surface area contributed by atoms with Gasteiger partial charge in [-0.3, -0.25) is 13.8 Å². The molecule has 3 atom stereocenters. The Balaban J connectivity index is 2.19. The highest BCUT2D eigenvalue weighted by molar-refractivity contribution is 7.84. The molecular weight excluding hydrogens is 288 g/mol. The Hall–Kier alpha value is -1.69. The molecule has 0 radical (unpaired) electrons. The molecular formula is C15H20N2O3S. The maximum atomic E-state index is 12.2. The molecule has 1 aliphatic heterocycles. The van der Waals surface area contributed by atoms with Gasteiger partial charge in [-0.05, 0) is 12.0 Å². The summed E-state index contributed by atoms with van der Waals surface area (Å²) in [5.41, 5.74) is 0.799. The quantitative estimate of drug-likeness (QED) is 0.877.